The molecule has 2 heteroatoms. The molecular formula is C15H32N2. The van der Waals surface area contributed by atoms with Gasteiger partial charge in [0.1, 0.15) is 0 Å². The Morgan fingerprint density at radius 2 is 1.88 bits per heavy atom. The van der Waals surface area contributed by atoms with Crippen LogP contribution in [-0.2, 0) is 0 Å². The summed E-state index contributed by atoms with van der Waals surface area (Å²) < 4.78 is 0. The minimum Gasteiger partial charge on any atom is -0.319 e. The zero-order valence-electron chi connectivity index (χ0n) is 12.4. The van der Waals surface area contributed by atoms with Crippen molar-refractivity contribution in [1.29, 1.82) is 0 Å². The molecule has 0 amide bonds. The molecule has 1 unspecified atom stereocenters. The Balaban J connectivity index is 2.33. The second kappa shape index (κ2) is 7.38. The van der Waals surface area contributed by atoms with Gasteiger partial charge in [0.2, 0.25) is 0 Å². The van der Waals surface area contributed by atoms with Crippen molar-refractivity contribution >= 4 is 0 Å². The van der Waals surface area contributed by atoms with Gasteiger partial charge in [-0.2, -0.15) is 0 Å². The van der Waals surface area contributed by atoms with E-state index in [2.05, 4.69) is 38.2 Å². The van der Waals surface area contributed by atoms with Crippen LogP contribution < -0.4 is 5.32 Å². The molecule has 0 aromatic rings. The first-order valence-corrected chi connectivity index (χ1v) is 7.43. The van der Waals surface area contributed by atoms with Crippen molar-refractivity contribution in [3.8, 4) is 0 Å². The van der Waals surface area contributed by atoms with E-state index in [0.29, 0.717) is 5.41 Å². The third-order valence-electron chi connectivity index (χ3n) is 4.40. The summed E-state index contributed by atoms with van der Waals surface area (Å²) in [6.07, 6.45) is 8.55. The average Bonchev–Trinajstić information content (AvgIpc) is 2.30. The van der Waals surface area contributed by atoms with Gasteiger partial charge in [0.25, 0.3) is 0 Å². The van der Waals surface area contributed by atoms with Gasteiger partial charge in [-0.3, -0.25) is 0 Å². The van der Waals surface area contributed by atoms with E-state index in [-0.39, 0.29) is 0 Å². The van der Waals surface area contributed by atoms with Crippen LogP contribution in [0.5, 0.6) is 0 Å². The number of nitrogens with zero attached hydrogens (tertiary/aromatic N) is 1. The molecule has 1 rings (SSSR count). The molecule has 1 saturated carbocycles. The third kappa shape index (κ3) is 5.39. The Kier molecular flexibility index (Phi) is 6.50. The van der Waals surface area contributed by atoms with Gasteiger partial charge >= 0.3 is 0 Å². The zero-order valence-corrected chi connectivity index (χ0v) is 12.4. The van der Waals surface area contributed by atoms with E-state index in [1.165, 1.54) is 51.6 Å². The van der Waals surface area contributed by atoms with Gasteiger partial charge in [-0.05, 0) is 44.7 Å². The summed E-state index contributed by atoms with van der Waals surface area (Å²) >= 11 is 0. The topological polar surface area (TPSA) is 15.3 Å². The summed E-state index contributed by atoms with van der Waals surface area (Å²) in [6.45, 7) is 8.37. The predicted molar refractivity (Wildman–Crippen MR) is 76.4 cm³/mol. The molecule has 0 aliphatic heterocycles. The van der Waals surface area contributed by atoms with E-state index in [0.717, 1.165) is 12.5 Å². The predicted octanol–water partition coefficient (Wildman–Crippen LogP) is 3.13. The molecule has 1 aliphatic carbocycles. The van der Waals surface area contributed by atoms with Crippen LogP contribution in [0.4, 0.5) is 0 Å². The molecule has 17 heavy (non-hydrogen) atoms. The van der Waals surface area contributed by atoms with Gasteiger partial charge in [-0.1, -0.05) is 33.1 Å². The molecule has 0 spiro atoms. The van der Waals surface area contributed by atoms with Crippen LogP contribution in [0.2, 0.25) is 0 Å². The van der Waals surface area contributed by atoms with E-state index in [1.54, 1.807) is 0 Å². The van der Waals surface area contributed by atoms with Crippen LogP contribution in [0.25, 0.3) is 0 Å². The molecule has 102 valence electrons. The van der Waals surface area contributed by atoms with Gasteiger partial charge in [-0.15, -0.1) is 0 Å². The summed E-state index contributed by atoms with van der Waals surface area (Å²) in [4.78, 5) is 2.57. The molecule has 0 bridgehead atoms. The second-order valence-electron chi connectivity index (χ2n) is 6.40. The SMILES string of the molecule is CCC(C)(CNC)CN(C)CC1CCCCC1. The minimum atomic E-state index is 0.429. The number of hydrogen-bond acceptors (Lipinski definition) is 2. The van der Waals surface area contributed by atoms with Crippen molar-refractivity contribution in [3.05, 3.63) is 0 Å². The molecule has 0 saturated heterocycles. The van der Waals surface area contributed by atoms with Crippen LogP contribution in [0.15, 0.2) is 0 Å². The number of hydrogen-bond donors (Lipinski definition) is 1. The Morgan fingerprint density at radius 3 is 2.41 bits per heavy atom. The van der Waals surface area contributed by atoms with Gasteiger partial charge < -0.3 is 10.2 Å². The van der Waals surface area contributed by atoms with Crippen LogP contribution in [0.1, 0.15) is 52.4 Å². The Morgan fingerprint density at radius 1 is 1.24 bits per heavy atom. The molecule has 1 N–H and O–H groups in total. The molecular weight excluding hydrogens is 208 g/mol. The van der Waals surface area contributed by atoms with Crippen molar-refractivity contribution in [1.82, 2.24) is 10.2 Å². The lowest BCUT2D eigenvalue weighted by Crippen LogP contribution is -2.41. The molecule has 1 atom stereocenters. The monoisotopic (exact) mass is 240 g/mol. The Bertz CT molecular complexity index is 199. The van der Waals surface area contributed by atoms with E-state index < -0.39 is 0 Å². The maximum atomic E-state index is 3.34. The third-order valence-corrected chi connectivity index (χ3v) is 4.40. The highest BCUT2D eigenvalue weighted by atomic mass is 15.1. The van der Waals surface area contributed by atoms with Gasteiger partial charge in [-0.25, -0.2) is 0 Å². The van der Waals surface area contributed by atoms with Crippen molar-refractivity contribution in [2.24, 2.45) is 11.3 Å². The molecule has 0 aromatic heterocycles. The molecule has 1 aliphatic rings. The maximum Gasteiger partial charge on any atom is 0.00444 e. The van der Waals surface area contributed by atoms with Gasteiger partial charge in [0, 0.05) is 19.6 Å². The zero-order chi connectivity index (χ0) is 12.7. The summed E-state index contributed by atoms with van der Waals surface area (Å²) in [5, 5.41) is 3.34. The summed E-state index contributed by atoms with van der Waals surface area (Å²) in [7, 11) is 4.37. The van der Waals surface area contributed by atoms with Crippen molar-refractivity contribution in [3.63, 3.8) is 0 Å². The fourth-order valence-corrected chi connectivity index (χ4v) is 3.25. The number of rotatable bonds is 7. The highest BCUT2D eigenvalue weighted by Crippen LogP contribution is 2.26. The van der Waals surface area contributed by atoms with E-state index in [4.69, 9.17) is 0 Å². The highest BCUT2D eigenvalue weighted by Gasteiger charge is 2.24. The molecule has 1 fully saturated rings. The van der Waals surface area contributed by atoms with Gasteiger partial charge in [0.05, 0.1) is 0 Å². The first-order valence-electron chi connectivity index (χ1n) is 7.43. The average molecular weight is 240 g/mol. The maximum absolute atomic E-state index is 3.34. The normalized spacial score (nSPS) is 21.7. The second-order valence-corrected chi connectivity index (χ2v) is 6.40. The van der Waals surface area contributed by atoms with Crippen LogP contribution in [0.3, 0.4) is 0 Å². The first-order chi connectivity index (χ1) is 8.09. The fraction of sp³-hybridized carbons (Fsp3) is 1.00. The summed E-state index contributed by atoms with van der Waals surface area (Å²) in [5.41, 5.74) is 0.429. The Hall–Kier alpha value is -0.0800. The van der Waals surface area contributed by atoms with E-state index in [1.807, 2.05) is 0 Å². The molecule has 2 nitrogen and oxygen atoms in total. The van der Waals surface area contributed by atoms with Crippen LogP contribution in [-0.4, -0.2) is 38.6 Å². The highest BCUT2D eigenvalue weighted by molar-refractivity contribution is 4.79. The summed E-state index contributed by atoms with van der Waals surface area (Å²) in [6, 6.07) is 0. The van der Waals surface area contributed by atoms with Crippen molar-refractivity contribution in [2.75, 3.05) is 33.7 Å². The largest absolute Gasteiger partial charge is 0.319 e. The van der Waals surface area contributed by atoms with Crippen molar-refractivity contribution in [2.45, 2.75) is 52.4 Å². The minimum absolute atomic E-state index is 0.429. The molecule has 0 heterocycles. The smallest absolute Gasteiger partial charge is 0.00444 e. The van der Waals surface area contributed by atoms with Gasteiger partial charge in [0.15, 0.2) is 0 Å². The van der Waals surface area contributed by atoms with Crippen molar-refractivity contribution < 1.29 is 0 Å². The lowest BCUT2D eigenvalue weighted by Gasteiger charge is -2.35. The van der Waals surface area contributed by atoms with E-state index >= 15 is 0 Å². The fourth-order valence-electron chi connectivity index (χ4n) is 3.25. The first kappa shape index (κ1) is 15.0. The van der Waals surface area contributed by atoms with Crippen LogP contribution in [0, 0.1) is 11.3 Å². The lowest BCUT2D eigenvalue weighted by atomic mass is 9.85. The quantitative estimate of drug-likeness (QED) is 0.735. The standard InChI is InChI=1S/C15H32N2/c1-5-15(2,12-16-3)13-17(4)11-14-9-7-6-8-10-14/h14,16H,5-13H2,1-4H3. The van der Waals surface area contributed by atoms with E-state index in [9.17, 15) is 0 Å². The van der Waals surface area contributed by atoms with Crippen LogP contribution >= 0.6 is 0 Å². The lowest BCUT2D eigenvalue weighted by molar-refractivity contribution is 0.152. The Labute approximate surface area is 108 Å². The number of nitrogens with one attached hydrogen (secondary N) is 1. The summed E-state index contributed by atoms with van der Waals surface area (Å²) in [5.74, 6) is 0.962. The molecule has 0 radical (unpaired) electrons. The molecule has 0 aromatic carbocycles.